The van der Waals surface area contributed by atoms with E-state index in [2.05, 4.69) is 10.3 Å². The second-order valence-corrected chi connectivity index (χ2v) is 11.0. The first kappa shape index (κ1) is 21.2. The number of halogens is 3. The van der Waals surface area contributed by atoms with Gasteiger partial charge in [0.25, 0.3) is 0 Å². The molecule has 28 heavy (non-hydrogen) atoms. The highest BCUT2D eigenvalue weighted by Crippen LogP contribution is 2.39. The van der Waals surface area contributed by atoms with Gasteiger partial charge in [0, 0.05) is 17.4 Å². The molecular weight excluding hydrogens is 466 g/mol. The lowest BCUT2D eigenvalue weighted by Crippen LogP contribution is -2.14. The maximum absolute atomic E-state index is 12.9. The highest BCUT2D eigenvalue weighted by Gasteiger charge is 2.16. The molecule has 1 N–H and O–H groups in total. The number of rotatable bonds is 7. The van der Waals surface area contributed by atoms with Crippen LogP contribution < -0.4 is 5.32 Å². The van der Waals surface area contributed by atoms with Crippen LogP contribution in [-0.2, 0) is 14.6 Å². The van der Waals surface area contributed by atoms with Gasteiger partial charge < -0.3 is 5.32 Å². The summed E-state index contributed by atoms with van der Waals surface area (Å²) in [5.74, 6) is -1.06. The summed E-state index contributed by atoms with van der Waals surface area (Å²) in [5, 5.41) is 4.78. The van der Waals surface area contributed by atoms with Crippen molar-refractivity contribution < 1.29 is 17.6 Å². The summed E-state index contributed by atoms with van der Waals surface area (Å²) in [4.78, 5) is 16.4. The molecule has 11 heteroatoms. The Hall–Kier alpha value is -1.52. The molecule has 0 aliphatic heterocycles. The molecule has 5 nitrogen and oxygen atoms in total. The molecule has 0 spiro atoms. The third-order valence-electron chi connectivity index (χ3n) is 3.67. The average Bonchev–Trinajstić information content (AvgIpc) is 3.20. The molecule has 2 heterocycles. The Labute approximate surface area is 179 Å². The summed E-state index contributed by atoms with van der Waals surface area (Å²) < 4.78 is 38.3. The smallest absolute Gasteiger partial charge is 0.226 e. The Morgan fingerprint density at radius 2 is 1.93 bits per heavy atom. The van der Waals surface area contributed by atoms with Crippen LogP contribution in [0.5, 0.6) is 0 Å². The van der Waals surface area contributed by atoms with Gasteiger partial charge in [0.05, 0.1) is 20.7 Å². The lowest BCUT2D eigenvalue weighted by Gasteiger charge is -2.05. The van der Waals surface area contributed by atoms with Crippen LogP contribution in [0.1, 0.15) is 12.8 Å². The molecule has 0 atom stereocenters. The molecule has 1 aromatic carbocycles. The maximum Gasteiger partial charge on any atom is 0.226 e. The molecule has 0 saturated carbocycles. The number of thiophene rings is 1. The highest BCUT2D eigenvalue weighted by atomic mass is 35.5. The van der Waals surface area contributed by atoms with Gasteiger partial charge in [-0.2, -0.15) is 0 Å². The van der Waals surface area contributed by atoms with E-state index in [0.29, 0.717) is 25.1 Å². The largest absolute Gasteiger partial charge is 0.302 e. The van der Waals surface area contributed by atoms with Crippen LogP contribution in [0.3, 0.4) is 0 Å². The molecule has 0 aliphatic carbocycles. The van der Waals surface area contributed by atoms with E-state index in [1.165, 1.54) is 34.8 Å². The Morgan fingerprint density at radius 1 is 1.21 bits per heavy atom. The highest BCUT2D eigenvalue weighted by molar-refractivity contribution is 7.91. The Balaban J connectivity index is 1.54. The van der Waals surface area contributed by atoms with Crippen LogP contribution in [0.15, 0.2) is 40.6 Å². The summed E-state index contributed by atoms with van der Waals surface area (Å²) in [6.45, 7) is 0. The van der Waals surface area contributed by atoms with Gasteiger partial charge in [-0.25, -0.2) is 17.8 Å². The first-order valence-corrected chi connectivity index (χ1v) is 12.0. The zero-order valence-electron chi connectivity index (χ0n) is 14.1. The molecule has 1 amide bonds. The number of sulfone groups is 1. The van der Waals surface area contributed by atoms with Gasteiger partial charge in [0.2, 0.25) is 5.91 Å². The topological polar surface area (TPSA) is 76.1 Å². The zero-order chi connectivity index (χ0) is 20.3. The fraction of sp³-hybridized carbons (Fsp3) is 0.176. The predicted molar refractivity (Wildman–Crippen MR) is 112 cm³/mol. The Bertz CT molecular complexity index is 1100. The summed E-state index contributed by atoms with van der Waals surface area (Å²) in [6.07, 6.45) is 0.149. The lowest BCUT2D eigenvalue weighted by atomic mass is 10.3. The third kappa shape index (κ3) is 5.30. The molecule has 0 fully saturated rings. The summed E-state index contributed by atoms with van der Waals surface area (Å²) in [6, 6.07) is 6.31. The fourth-order valence-electron chi connectivity index (χ4n) is 2.33. The molecule has 3 aromatic rings. The van der Waals surface area contributed by atoms with Crippen LogP contribution in [0.25, 0.3) is 11.3 Å². The van der Waals surface area contributed by atoms with E-state index in [0.717, 1.165) is 12.1 Å². The van der Waals surface area contributed by atoms with E-state index in [1.807, 2.05) is 0 Å². The quantitative estimate of drug-likeness (QED) is 0.454. The standard InChI is InChI=1S/C17H13Cl2FN2O3S3/c18-14-8-12(16(19)27-14)13-9-26-17(21-13)22-15(23)2-1-7-28(24,25)11-5-3-10(20)4-6-11/h3-6,8-9H,1-2,7H2,(H,21,22,23). The minimum atomic E-state index is -3.57. The average molecular weight is 479 g/mol. The zero-order valence-corrected chi connectivity index (χ0v) is 18.1. The van der Waals surface area contributed by atoms with Gasteiger partial charge in [-0.1, -0.05) is 23.2 Å². The van der Waals surface area contributed by atoms with Crippen molar-refractivity contribution in [3.63, 3.8) is 0 Å². The predicted octanol–water partition coefficient (Wildman–Crippen LogP) is 5.51. The van der Waals surface area contributed by atoms with Crippen molar-refractivity contribution >= 4 is 66.8 Å². The second kappa shape index (κ2) is 8.87. The molecule has 0 bridgehead atoms. The van der Waals surface area contributed by atoms with E-state index < -0.39 is 15.7 Å². The van der Waals surface area contributed by atoms with E-state index in [-0.39, 0.29) is 29.4 Å². The third-order valence-corrected chi connectivity index (χ3v) is 7.73. The van der Waals surface area contributed by atoms with Crippen LogP contribution in [0, 0.1) is 5.82 Å². The van der Waals surface area contributed by atoms with E-state index in [4.69, 9.17) is 23.2 Å². The number of thiazole rings is 1. The van der Waals surface area contributed by atoms with Crippen molar-refractivity contribution in [3.8, 4) is 11.3 Å². The molecule has 148 valence electrons. The first-order valence-electron chi connectivity index (χ1n) is 7.93. The van der Waals surface area contributed by atoms with Crippen molar-refractivity contribution in [2.24, 2.45) is 0 Å². The van der Waals surface area contributed by atoms with Gasteiger partial charge in [-0.3, -0.25) is 4.79 Å². The van der Waals surface area contributed by atoms with Crippen LogP contribution in [-0.4, -0.2) is 25.1 Å². The molecule has 0 saturated heterocycles. The minimum Gasteiger partial charge on any atom is -0.302 e. The van der Waals surface area contributed by atoms with Crippen molar-refractivity contribution in [1.82, 2.24) is 4.98 Å². The van der Waals surface area contributed by atoms with Gasteiger partial charge in [0.15, 0.2) is 15.0 Å². The summed E-state index contributed by atoms with van der Waals surface area (Å²) in [5.41, 5.74) is 1.30. The van der Waals surface area contributed by atoms with Crippen LogP contribution >= 0.6 is 45.9 Å². The summed E-state index contributed by atoms with van der Waals surface area (Å²) >= 11 is 14.5. The first-order chi connectivity index (χ1) is 13.2. The van der Waals surface area contributed by atoms with E-state index in [1.54, 1.807) is 11.4 Å². The number of hydrogen-bond donors (Lipinski definition) is 1. The summed E-state index contributed by atoms with van der Waals surface area (Å²) in [7, 11) is -3.57. The normalized spacial score (nSPS) is 11.5. The van der Waals surface area contributed by atoms with Crippen LogP contribution in [0.4, 0.5) is 9.52 Å². The molecule has 0 aliphatic rings. The number of amides is 1. The van der Waals surface area contributed by atoms with Gasteiger partial charge >= 0.3 is 0 Å². The molecular formula is C17H13Cl2FN2O3S3. The number of nitrogens with one attached hydrogen (secondary N) is 1. The molecule has 2 aromatic heterocycles. The van der Waals surface area contributed by atoms with Crippen molar-refractivity contribution in [2.75, 3.05) is 11.1 Å². The Kier molecular flexibility index (Phi) is 6.72. The maximum atomic E-state index is 12.9. The lowest BCUT2D eigenvalue weighted by molar-refractivity contribution is -0.116. The SMILES string of the molecule is O=C(CCCS(=O)(=O)c1ccc(F)cc1)Nc1nc(-c2cc(Cl)sc2Cl)cs1. The molecule has 0 unspecified atom stereocenters. The number of carbonyl (C=O) groups is 1. The van der Waals surface area contributed by atoms with E-state index in [9.17, 15) is 17.6 Å². The van der Waals surface area contributed by atoms with Crippen molar-refractivity contribution in [3.05, 3.63) is 50.2 Å². The van der Waals surface area contributed by atoms with Crippen LogP contribution in [0.2, 0.25) is 8.67 Å². The second-order valence-electron chi connectivity index (χ2n) is 5.70. The van der Waals surface area contributed by atoms with E-state index >= 15 is 0 Å². The van der Waals surface area contributed by atoms with Crippen molar-refractivity contribution in [1.29, 1.82) is 0 Å². The molecule has 0 radical (unpaired) electrons. The fourth-order valence-corrected chi connectivity index (χ4v) is 5.85. The van der Waals surface area contributed by atoms with Crippen molar-refractivity contribution in [2.45, 2.75) is 17.7 Å². The monoisotopic (exact) mass is 478 g/mol. The van der Waals surface area contributed by atoms with Gasteiger partial charge in [-0.15, -0.1) is 22.7 Å². The minimum absolute atomic E-state index is 0.0143. The number of carbonyl (C=O) groups excluding carboxylic acids is 1. The number of benzene rings is 1. The number of anilines is 1. The number of hydrogen-bond acceptors (Lipinski definition) is 6. The number of nitrogens with zero attached hydrogens (tertiary/aromatic N) is 1. The van der Waals surface area contributed by atoms with Gasteiger partial charge in [-0.05, 0) is 36.8 Å². The Morgan fingerprint density at radius 3 is 2.57 bits per heavy atom. The van der Waals surface area contributed by atoms with Gasteiger partial charge in [0.1, 0.15) is 10.2 Å². The molecule has 3 rings (SSSR count). The number of aromatic nitrogens is 1.